The van der Waals surface area contributed by atoms with Gasteiger partial charge in [0.2, 0.25) is 5.91 Å². The van der Waals surface area contributed by atoms with E-state index in [1.165, 1.54) is 0 Å². The first-order valence-corrected chi connectivity index (χ1v) is 8.20. The molecule has 126 valence electrons. The van der Waals surface area contributed by atoms with Crippen molar-refractivity contribution in [3.05, 3.63) is 15.9 Å². The van der Waals surface area contributed by atoms with Crippen molar-refractivity contribution in [3.63, 3.8) is 0 Å². The maximum atomic E-state index is 12.1. The Balaban J connectivity index is 0.00000242. The Morgan fingerprint density at radius 3 is 2.86 bits per heavy atom. The lowest BCUT2D eigenvalue weighted by molar-refractivity contribution is -0.126. The van der Waals surface area contributed by atoms with Gasteiger partial charge in [-0.2, -0.15) is 5.10 Å². The minimum atomic E-state index is 0. The van der Waals surface area contributed by atoms with Gasteiger partial charge in [-0.1, -0.05) is 0 Å². The van der Waals surface area contributed by atoms with Crippen LogP contribution in [0.2, 0.25) is 0 Å². The number of hydrogen-bond donors (Lipinski definition) is 2. The summed E-state index contributed by atoms with van der Waals surface area (Å²) in [5.41, 5.74) is 7.60. The molecule has 0 spiro atoms. The number of nitrogens with one attached hydrogen (secondary N) is 1. The normalized spacial score (nSPS) is 18.8. The second kappa shape index (κ2) is 8.86. The zero-order valence-corrected chi connectivity index (χ0v) is 15.5. The number of nitrogens with zero attached hydrogens (tertiary/aromatic N) is 3. The fraction of sp³-hybridized carbons (Fsp3) is 0.714. The average molecular weight is 395 g/mol. The molecule has 1 unspecified atom stereocenters. The summed E-state index contributed by atoms with van der Waals surface area (Å²) in [7, 11) is 1.96. The van der Waals surface area contributed by atoms with Crippen LogP contribution < -0.4 is 11.1 Å². The maximum Gasteiger partial charge on any atom is 0.224 e. The predicted molar refractivity (Wildman–Crippen MR) is 93.0 cm³/mol. The Bertz CT molecular complexity index is 508. The number of carbonyl (C=O) groups is 1. The van der Waals surface area contributed by atoms with Crippen molar-refractivity contribution in [2.24, 2.45) is 18.7 Å². The summed E-state index contributed by atoms with van der Waals surface area (Å²) >= 11 is 3.60. The van der Waals surface area contributed by atoms with Crippen LogP contribution in [0.1, 0.15) is 24.2 Å². The summed E-state index contributed by atoms with van der Waals surface area (Å²) in [5.74, 6) is 0.198. The maximum absolute atomic E-state index is 12.1. The molecule has 0 saturated carbocycles. The second-order valence-electron chi connectivity index (χ2n) is 5.62. The summed E-state index contributed by atoms with van der Waals surface area (Å²) in [5, 5.41) is 7.32. The van der Waals surface area contributed by atoms with Crippen LogP contribution in [0.5, 0.6) is 0 Å². The molecule has 1 aliphatic heterocycles. The standard InChI is InChI=1S/C14H24BrN5O.ClH/c1-10-13(15)12(19(2)18-10)9-20-7-3-4-11(8-20)14(21)17-6-5-16;/h11H,3-9,16H2,1-2H3,(H,17,21);1H. The molecule has 0 aliphatic carbocycles. The van der Waals surface area contributed by atoms with E-state index in [1.54, 1.807) is 0 Å². The highest BCUT2D eigenvalue weighted by atomic mass is 79.9. The molecule has 8 heteroatoms. The van der Waals surface area contributed by atoms with Crippen LogP contribution in [0.15, 0.2) is 4.47 Å². The molecule has 1 aliphatic rings. The lowest BCUT2D eigenvalue weighted by atomic mass is 9.97. The minimum Gasteiger partial charge on any atom is -0.355 e. The predicted octanol–water partition coefficient (Wildman–Crippen LogP) is 1.20. The smallest absolute Gasteiger partial charge is 0.224 e. The van der Waals surface area contributed by atoms with Crippen LogP contribution in [-0.4, -0.2) is 46.8 Å². The van der Waals surface area contributed by atoms with Gasteiger partial charge >= 0.3 is 0 Å². The number of carbonyl (C=O) groups excluding carboxylic acids is 1. The van der Waals surface area contributed by atoms with Crippen molar-refractivity contribution in [3.8, 4) is 0 Å². The molecule has 2 heterocycles. The van der Waals surface area contributed by atoms with E-state index >= 15 is 0 Å². The van der Waals surface area contributed by atoms with E-state index in [4.69, 9.17) is 5.73 Å². The largest absolute Gasteiger partial charge is 0.355 e. The zero-order chi connectivity index (χ0) is 15.4. The molecule has 1 aromatic rings. The molecule has 6 nitrogen and oxygen atoms in total. The Labute approximate surface area is 146 Å². The van der Waals surface area contributed by atoms with Gasteiger partial charge in [0, 0.05) is 33.2 Å². The number of aromatic nitrogens is 2. The van der Waals surface area contributed by atoms with E-state index < -0.39 is 0 Å². The van der Waals surface area contributed by atoms with Crippen molar-refractivity contribution >= 4 is 34.2 Å². The van der Waals surface area contributed by atoms with Crippen LogP contribution in [0.3, 0.4) is 0 Å². The van der Waals surface area contributed by atoms with Gasteiger partial charge in [0.25, 0.3) is 0 Å². The second-order valence-corrected chi connectivity index (χ2v) is 6.42. The first kappa shape index (κ1) is 19.4. The molecule has 1 atom stereocenters. The van der Waals surface area contributed by atoms with E-state index in [2.05, 4.69) is 31.2 Å². The number of aryl methyl sites for hydroxylation is 2. The zero-order valence-electron chi connectivity index (χ0n) is 13.1. The summed E-state index contributed by atoms with van der Waals surface area (Å²) in [4.78, 5) is 14.4. The summed E-state index contributed by atoms with van der Waals surface area (Å²) < 4.78 is 2.98. The van der Waals surface area contributed by atoms with Crippen LogP contribution in [-0.2, 0) is 18.4 Å². The minimum absolute atomic E-state index is 0. The van der Waals surface area contributed by atoms with Gasteiger partial charge < -0.3 is 11.1 Å². The Hall–Kier alpha value is -0.630. The molecule has 1 saturated heterocycles. The number of halogens is 2. The van der Waals surface area contributed by atoms with Gasteiger partial charge in [-0.3, -0.25) is 14.4 Å². The van der Waals surface area contributed by atoms with Crippen molar-refractivity contribution in [2.75, 3.05) is 26.2 Å². The SMILES string of the molecule is Cc1nn(C)c(CN2CCCC(C(=O)NCCN)C2)c1Br.Cl. The van der Waals surface area contributed by atoms with Crippen molar-refractivity contribution in [2.45, 2.75) is 26.3 Å². The van der Waals surface area contributed by atoms with Gasteiger partial charge in [-0.15, -0.1) is 12.4 Å². The molecular weight excluding hydrogens is 370 g/mol. The van der Waals surface area contributed by atoms with Gasteiger partial charge in [-0.05, 0) is 42.2 Å². The quantitative estimate of drug-likeness (QED) is 0.787. The topological polar surface area (TPSA) is 76.2 Å². The molecule has 0 bridgehead atoms. The van der Waals surface area contributed by atoms with Crippen LogP contribution >= 0.6 is 28.3 Å². The Morgan fingerprint density at radius 2 is 2.27 bits per heavy atom. The van der Waals surface area contributed by atoms with E-state index in [0.29, 0.717) is 13.1 Å². The number of piperidine rings is 1. The highest BCUT2D eigenvalue weighted by Crippen LogP contribution is 2.24. The van der Waals surface area contributed by atoms with Crippen molar-refractivity contribution in [1.29, 1.82) is 0 Å². The molecule has 1 amide bonds. The lowest BCUT2D eigenvalue weighted by Crippen LogP contribution is -2.43. The molecular formula is C14H25BrClN5O. The van der Waals surface area contributed by atoms with E-state index in [-0.39, 0.29) is 24.2 Å². The number of hydrogen-bond acceptors (Lipinski definition) is 4. The summed E-state index contributed by atoms with van der Waals surface area (Å²) in [6, 6.07) is 0. The molecule has 0 aromatic carbocycles. The molecule has 1 fully saturated rings. The first-order chi connectivity index (χ1) is 10.0. The molecule has 1 aromatic heterocycles. The Morgan fingerprint density at radius 1 is 1.55 bits per heavy atom. The molecule has 22 heavy (non-hydrogen) atoms. The third-order valence-corrected chi connectivity index (χ3v) is 4.99. The highest BCUT2D eigenvalue weighted by molar-refractivity contribution is 9.10. The van der Waals surface area contributed by atoms with E-state index in [9.17, 15) is 4.79 Å². The summed E-state index contributed by atoms with van der Waals surface area (Å²) in [6.07, 6.45) is 2.01. The number of nitrogens with two attached hydrogens (primary N) is 1. The Kier molecular flexibility index (Phi) is 7.82. The monoisotopic (exact) mass is 393 g/mol. The summed E-state index contributed by atoms with van der Waals surface area (Å²) in [6.45, 7) is 5.68. The number of amides is 1. The van der Waals surface area contributed by atoms with Gasteiger partial charge in [0.15, 0.2) is 0 Å². The molecule has 3 N–H and O–H groups in total. The van der Waals surface area contributed by atoms with Gasteiger partial charge in [0.1, 0.15) is 0 Å². The lowest BCUT2D eigenvalue weighted by Gasteiger charge is -2.32. The van der Waals surface area contributed by atoms with Crippen LogP contribution in [0.4, 0.5) is 0 Å². The van der Waals surface area contributed by atoms with Gasteiger partial charge in [-0.25, -0.2) is 0 Å². The number of likely N-dealkylation sites (tertiary alicyclic amines) is 1. The average Bonchev–Trinajstić information content (AvgIpc) is 2.71. The van der Waals surface area contributed by atoms with Crippen molar-refractivity contribution in [1.82, 2.24) is 20.0 Å². The fourth-order valence-electron chi connectivity index (χ4n) is 2.82. The first-order valence-electron chi connectivity index (χ1n) is 7.41. The number of rotatable bonds is 5. The third-order valence-electron chi connectivity index (χ3n) is 3.95. The van der Waals surface area contributed by atoms with Gasteiger partial charge in [0.05, 0.1) is 21.8 Å². The fourth-order valence-corrected chi connectivity index (χ4v) is 3.28. The van der Waals surface area contributed by atoms with Crippen LogP contribution in [0.25, 0.3) is 0 Å². The molecule has 0 radical (unpaired) electrons. The van der Waals surface area contributed by atoms with Crippen molar-refractivity contribution < 1.29 is 4.79 Å². The third kappa shape index (κ3) is 4.68. The molecule has 2 rings (SSSR count). The highest BCUT2D eigenvalue weighted by Gasteiger charge is 2.26. The van der Waals surface area contributed by atoms with E-state index in [0.717, 1.165) is 48.3 Å². The van der Waals surface area contributed by atoms with Crippen LogP contribution in [0, 0.1) is 12.8 Å². The van der Waals surface area contributed by atoms with E-state index in [1.807, 2.05) is 18.7 Å².